The van der Waals surface area contributed by atoms with Gasteiger partial charge in [0.25, 0.3) is 11.4 Å². The van der Waals surface area contributed by atoms with Crippen molar-refractivity contribution in [3.8, 4) is 10.4 Å². The standard InChI is InChI=1S/C13H15N3O4S2.C10H13BrN2O4S.C3H3NS.CH4/c1-13(2,3)15-22(19,20)12-6-9(16(17)18)4-5-10(12)11-7-14-8-21-11;1-10(2,3)12-18(16,17)9-6-7(13(14)15)4-5-8(9)11;1-2-5-3-4-1;/h4-8,15H,1-3H3;4-6,12H,1-3H3;1-3H;1H4. The molecule has 0 aliphatic rings. The first kappa shape index (κ1) is 40.8. The quantitative estimate of drug-likeness (QED) is 0.145. The number of benzene rings is 2. The van der Waals surface area contributed by atoms with E-state index in [1.165, 1.54) is 41.8 Å². The van der Waals surface area contributed by atoms with Gasteiger partial charge in [0.05, 0.1) is 30.6 Å². The number of hydrogen-bond acceptors (Lipinski definition) is 12. The molecule has 4 aromatic rings. The van der Waals surface area contributed by atoms with Crippen molar-refractivity contribution in [2.75, 3.05) is 0 Å². The second-order valence-corrected chi connectivity index (χ2v) is 16.9. The zero-order valence-corrected chi connectivity index (χ0v) is 29.8. The van der Waals surface area contributed by atoms with E-state index in [1.54, 1.807) is 70.1 Å². The number of thiazole rings is 2. The number of rotatable bonds is 7. The number of sulfonamides is 2. The maximum absolute atomic E-state index is 12.6. The fourth-order valence-electron chi connectivity index (χ4n) is 3.30. The summed E-state index contributed by atoms with van der Waals surface area (Å²) in [5.41, 5.74) is 1.85. The van der Waals surface area contributed by atoms with E-state index in [-0.39, 0.29) is 33.1 Å². The van der Waals surface area contributed by atoms with Crippen LogP contribution < -0.4 is 9.44 Å². The molecule has 14 nitrogen and oxygen atoms in total. The Morgan fingerprint density at radius 3 is 1.67 bits per heavy atom. The topological polar surface area (TPSA) is 204 Å². The number of nitro groups is 2. The predicted molar refractivity (Wildman–Crippen MR) is 184 cm³/mol. The van der Waals surface area contributed by atoms with E-state index in [9.17, 15) is 37.1 Å². The Labute approximate surface area is 284 Å². The number of hydrogen-bond donors (Lipinski definition) is 2. The number of nitro benzene ring substituents is 2. The van der Waals surface area contributed by atoms with Crippen LogP contribution in [0.5, 0.6) is 0 Å². The molecular weight excluding hydrogens is 745 g/mol. The molecular formula is C27H35BrN6O8S4. The third-order valence-corrected chi connectivity index (χ3v) is 10.7. The fraction of sp³-hybridized carbons (Fsp3) is 0.333. The van der Waals surface area contributed by atoms with Crippen molar-refractivity contribution in [3.05, 3.63) is 89.9 Å². The Balaban J connectivity index is 0.000000396. The summed E-state index contributed by atoms with van der Waals surface area (Å²) in [6.07, 6.45) is 3.30. The van der Waals surface area contributed by atoms with Crippen molar-refractivity contribution < 1.29 is 26.7 Å². The van der Waals surface area contributed by atoms with Crippen LogP contribution in [0.15, 0.2) is 79.5 Å². The highest BCUT2D eigenvalue weighted by Gasteiger charge is 2.28. The molecule has 2 aromatic heterocycles. The number of non-ortho nitro benzene ring substituents is 2. The van der Waals surface area contributed by atoms with E-state index >= 15 is 0 Å². The number of nitrogens with zero attached hydrogens (tertiary/aromatic N) is 4. The lowest BCUT2D eigenvalue weighted by Crippen LogP contribution is -2.40. The van der Waals surface area contributed by atoms with Crippen LogP contribution in [-0.2, 0) is 20.0 Å². The summed E-state index contributed by atoms with van der Waals surface area (Å²) in [5.74, 6) is 0. The zero-order chi connectivity index (χ0) is 34.2. The third kappa shape index (κ3) is 12.9. The van der Waals surface area contributed by atoms with Crippen LogP contribution in [0.25, 0.3) is 10.4 Å². The summed E-state index contributed by atoms with van der Waals surface area (Å²) in [5, 5.41) is 23.5. The molecule has 4 rings (SSSR count). The van der Waals surface area contributed by atoms with E-state index in [2.05, 4.69) is 35.3 Å². The highest BCUT2D eigenvalue weighted by molar-refractivity contribution is 9.10. The Kier molecular flexibility index (Phi) is 14.7. The molecule has 46 heavy (non-hydrogen) atoms. The van der Waals surface area contributed by atoms with Crippen molar-refractivity contribution in [3.63, 3.8) is 0 Å². The van der Waals surface area contributed by atoms with E-state index in [4.69, 9.17) is 0 Å². The summed E-state index contributed by atoms with van der Waals surface area (Å²) in [6.45, 7) is 10.2. The van der Waals surface area contributed by atoms with Gasteiger partial charge in [-0.2, -0.15) is 0 Å². The van der Waals surface area contributed by atoms with Crippen LogP contribution >= 0.6 is 38.6 Å². The van der Waals surface area contributed by atoms with E-state index in [0.717, 1.165) is 12.1 Å². The molecule has 0 bridgehead atoms. The monoisotopic (exact) mass is 778 g/mol. The van der Waals surface area contributed by atoms with Crippen LogP contribution in [0.1, 0.15) is 49.0 Å². The Bertz CT molecular complexity index is 1800. The summed E-state index contributed by atoms with van der Waals surface area (Å²) < 4.78 is 54.6. The SMILES string of the molecule is C.CC(C)(C)NS(=O)(=O)c1cc([N+](=O)[O-])ccc1-c1cncs1.CC(C)(C)NS(=O)(=O)c1cc([N+](=O)[O-])ccc1Br.c1cscn1. The average molecular weight is 780 g/mol. The first-order chi connectivity index (χ1) is 20.6. The minimum absolute atomic E-state index is 0. The molecule has 0 unspecified atom stereocenters. The highest BCUT2D eigenvalue weighted by Crippen LogP contribution is 2.33. The van der Waals surface area contributed by atoms with Crippen LogP contribution in [0, 0.1) is 20.2 Å². The molecule has 2 heterocycles. The van der Waals surface area contributed by atoms with Gasteiger partial charge in [-0.1, -0.05) is 7.43 Å². The lowest BCUT2D eigenvalue weighted by Gasteiger charge is -2.21. The van der Waals surface area contributed by atoms with Crippen molar-refractivity contribution >= 4 is 70.0 Å². The van der Waals surface area contributed by atoms with Gasteiger partial charge in [0.15, 0.2) is 0 Å². The fourth-order valence-corrected chi connectivity index (χ4v) is 8.44. The molecule has 0 radical (unpaired) electrons. The van der Waals surface area contributed by atoms with Crippen molar-refractivity contribution in [1.82, 2.24) is 19.4 Å². The molecule has 0 aliphatic carbocycles. The Morgan fingerprint density at radius 1 is 0.783 bits per heavy atom. The largest absolute Gasteiger partial charge is 0.270 e. The molecule has 19 heteroatoms. The van der Waals surface area contributed by atoms with Gasteiger partial charge < -0.3 is 0 Å². The van der Waals surface area contributed by atoms with Crippen molar-refractivity contribution in [2.45, 2.75) is 69.8 Å². The van der Waals surface area contributed by atoms with Crippen LogP contribution in [0.3, 0.4) is 0 Å². The molecule has 0 saturated heterocycles. The zero-order valence-electron chi connectivity index (χ0n) is 24.9. The summed E-state index contributed by atoms with van der Waals surface area (Å²) >= 11 is 5.95. The van der Waals surface area contributed by atoms with Crippen LogP contribution in [0.2, 0.25) is 0 Å². The Morgan fingerprint density at radius 2 is 1.28 bits per heavy atom. The highest BCUT2D eigenvalue weighted by atomic mass is 79.9. The predicted octanol–water partition coefficient (Wildman–Crippen LogP) is 7.01. The molecule has 0 fully saturated rings. The van der Waals surface area contributed by atoms with Gasteiger partial charge in [-0.05, 0) is 69.6 Å². The summed E-state index contributed by atoms with van der Waals surface area (Å²) in [7, 11) is -7.71. The average Bonchev–Trinajstić information content (AvgIpc) is 3.63. The molecule has 0 amide bonds. The van der Waals surface area contributed by atoms with Crippen molar-refractivity contribution in [1.29, 1.82) is 0 Å². The maximum Gasteiger partial charge on any atom is 0.270 e. The third-order valence-electron chi connectivity index (χ3n) is 4.81. The van der Waals surface area contributed by atoms with Crippen LogP contribution in [0.4, 0.5) is 11.4 Å². The Hall–Kier alpha value is -3.20. The minimum atomic E-state index is -3.91. The molecule has 0 saturated carbocycles. The molecule has 0 spiro atoms. The van der Waals surface area contributed by atoms with E-state index in [0.29, 0.717) is 10.4 Å². The van der Waals surface area contributed by atoms with E-state index in [1.807, 2.05) is 5.38 Å². The normalized spacial score (nSPS) is 11.6. The maximum atomic E-state index is 12.6. The van der Waals surface area contributed by atoms with Gasteiger partial charge >= 0.3 is 0 Å². The molecule has 0 aliphatic heterocycles. The number of halogens is 1. The first-order valence-electron chi connectivity index (χ1n) is 12.6. The molecule has 2 N–H and O–H groups in total. The van der Waals surface area contributed by atoms with Crippen molar-refractivity contribution in [2.24, 2.45) is 0 Å². The minimum Gasteiger partial charge on any atom is -0.258 e. The number of nitrogens with one attached hydrogen (secondary N) is 2. The number of aromatic nitrogens is 2. The second-order valence-electron chi connectivity index (χ2n) is 11.1. The lowest BCUT2D eigenvalue weighted by atomic mass is 10.1. The van der Waals surface area contributed by atoms with Gasteiger partial charge in [-0.15, -0.1) is 22.7 Å². The van der Waals surface area contributed by atoms with Gasteiger partial charge in [0.2, 0.25) is 20.0 Å². The van der Waals surface area contributed by atoms with Gasteiger partial charge in [0, 0.05) is 63.2 Å². The van der Waals surface area contributed by atoms with Crippen LogP contribution in [-0.4, -0.2) is 47.7 Å². The molecule has 2 aromatic carbocycles. The van der Waals surface area contributed by atoms with Gasteiger partial charge in [-0.25, -0.2) is 26.3 Å². The van der Waals surface area contributed by atoms with E-state index < -0.39 is 41.0 Å². The summed E-state index contributed by atoms with van der Waals surface area (Å²) in [4.78, 5) is 28.4. The first-order valence-corrected chi connectivity index (χ1v) is 18.2. The lowest BCUT2D eigenvalue weighted by molar-refractivity contribution is -0.385. The molecule has 0 atom stereocenters. The van der Waals surface area contributed by atoms with Gasteiger partial charge in [0.1, 0.15) is 4.90 Å². The smallest absolute Gasteiger partial charge is 0.258 e. The molecule has 252 valence electrons. The summed E-state index contributed by atoms with van der Waals surface area (Å²) in [6, 6.07) is 7.39. The second kappa shape index (κ2) is 16.6. The van der Waals surface area contributed by atoms with Gasteiger partial charge in [-0.3, -0.25) is 30.2 Å².